The van der Waals surface area contributed by atoms with E-state index in [4.69, 9.17) is 0 Å². The summed E-state index contributed by atoms with van der Waals surface area (Å²) in [6, 6.07) is 6.74. The predicted molar refractivity (Wildman–Crippen MR) is 91.1 cm³/mol. The standard InChI is InChI=1S/C16H19N5O3/c1-17-15(22)11-19-7-9-20(10-8-19)14-5-4-13(21(23)24)12-3-2-6-18-16(12)14/h2-6H,7-11H2,1H3,(H,17,22). The second-order valence-electron chi connectivity index (χ2n) is 5.70. The van der Waals surface area contributed by atoms with Crippen LogP contribution in [0.2, 0.25) is 0 Å². The molecule has 0 aliphatic carbocycles. The number of carbonyl (C=O) groups is 1. The van der Waals surface area contributed by atoms with Gasteiger partial charge in [-0.15, -0.1) is 0 Å². The van der Waals surface area contributed by atoms with Crippen molar-refractivity contribution < 1.29 is 9.72 Å². The molecule has 1 aliphatic heterocycles. The highest BCUT2D eigenvalue weighted by Gasteiger charge is 2.22. The summed E-state index contributed by atoms with van der Waals surface area (Å²) in [7, 11) is 1.63. The highest BCUT2D eigenvalue weighted by Crippen LogP contribution is 2.32. The van der Waals surface area contributed by atoms with E-state index in [9.17, 15) is 14.9 Å². The molecule has 0 bridgehead atoms. The number of nitro benzene ring substituents is 1. The minimum absolute atomic E-state index is 0.00547. The Kier molecular flexibility index (Phi) is 4.57. The number of nitrogens with one attached hydrogen (secondary N) is 1. The first-order valence-electron chi connectivity index (χ1n) is 7.80. The van der Waals surface area contributed by atoms with E-state index in [1.54, 1.807) is 31.4 Å². The lowest BCUT2D eigenvalue weighted by Gasteiger charge is -2.35. The smallest absolute Gasteiger partial charge is 0.278 e. The lowest BCUT2D eigenvalue weighted by atomic mass is 10.1. The average molecular weight is 329 g/mol. The van der Waals surface area contributed by atoms with Crippen molar-refractivity contribution in [2.24, 2.45) is 0 Å². The molecule has 8 nitrogen and oxygen atoms in total. The molecular weight excluding hydrogens is 310 g/mol. The normalized spacial score (nSPS) is 15.5. The second kappa shape index (κ2) is 6.79. The lowest BCUT2D eigenvalue weighted by molar-refractivity contribution is -0.383. The Morgan fingerprint density at radius 3 is 2.71 bits per heavy atom. The number of hydrogen-bond acceptors (Lipinski definition) is 6. The number of likely N-dealkylation sites (N-methyl/N-ethyl adjacent to an activating group) is 1. The van der Waals surface area contributed by atoms with Crippen molar-refractivity contribution in [2.45, 2.75) is 0 Å². The van der Waals surface area contributed by atoms with Gasteiger partial charge in [0.25, 0.3) is 5.69 Å². The van der Waals surface area contributed by atoms with E-state index in [1.807, 2.05) is 0 Å². The maximum Gasteiger partial charge on any atom is 0.278 e. The Balaban J connectivity index is 1.83. The summed E-state index contributed by atoms with van der Waals surface area (Å²) in [5, 5.41) is 14.4. The van der Waals surface area contributed by atoms with Crippen molar-refractivity contribution in [3.8, 4) is 0 Å². The first-order valence-corrected chi connectivity index (χ1v) is 7.80. The first-order chi connectivity index (χ1) is 11.6. The summed E-state index contributed by atoms with van der Waals surface area (Å²) in [6.07, 6.45) is 1.65. The predicted octanol–water partition coefficient (Wildman–Crippen LogP) is 1.01. The highest BCUT2D eigenvalue weighted by molar-refractivity contribution is 5.97. The summed E-state index contributed by atoms with van der Waals surface area (Å²) in [6.45, 7) is 3.42. The molecule has 2 aromatic rings. The van der Waals surface area contributed by atoms with Crippen molar-refractivity contribution in [3.05, 3.63) is 40.6 Å². The van der Waals surface area contributed by atoms with Gasteiger partial charge in [-0.05, 0) is 18.2 Å². The topological polar surface area (TPSA) is 91.6 Å². The Bertz CT molecular complexity index is 771. The molecule has 0 radical (unpaired) electrons. The SMILES string of the molecule is CNC(=O)CN1CCN(c2ccc([N+](=O)[O-])c3cccnc23)CC1. The Hall–Kier alpha value is -2.74. The summed E-state index contributed by atoms with van der Waals surface area (Å²) in [5.74, 6) is 0.00547. The third kappa shape index (κ3) is 3.13. The number of non-ortho nitro benzene ring substituents is 1. The van der Waals surface area contributed by atoms with E-state index in [-0.39, 0.29) is 16.5 Å². The van der Waals surface area contributed by atoms with Crippen LogP contribution in [0.15, 0.2) is 30.5 Å². The van der Waals surface area contributed by atoms with Crippen LogP contribution >= 0.6 is 0 Å². The third-order valence-electron chi connectivity index (χ3n) is 4.28. The number of anilines is 1. The monoisotopic (exact) mass is 329 g/mol. The van der Waals surface area contributed by atoms with Gasteiger partial charge in [0.05, 0.1) is 22.5 Å². The van der Waals surface area contributed by atoms with Gasteiger partial charge in [-0.1, -0.05) is 0 Å². The molecule has 1 saturated heterocycles. The van der Waals surface area contributed by atoms with Crippen molar-refractivity contribution in [1.82, 2.24) is 15.2 Å². The molecule has 0 unspecified atom stereocenters. The third-order valence-corrected chi connectivity index (χ3v) is 4.28. The number of piperazine rings is 1. The van der Waals surface area contributed by atoms with Gasteiger partial charge in [-0.2, -0.15) is 0 Å². The zero-order chi connectivity index (χ0) is 17.1. The molecular formula is C16H19N5O3. The fourth-order valence-corrected chi connectivity index (χ4v) is 2.99. The minimum Gasteiger partial charge on any atom is -0.367 e. The fraction of sp³-hybridized carbons (Fsp3) is 0.375. The number of benzene rings is 1. The number of fused-ring (bicyclic) bond motifs is 1. The molecule has 0 atom stereocenters. The molecule has 0 spiro atoms. The molecule has 8 heteroatoms. The number of nitrogens with zero attached hydrogens (tertiary/aromatic N) is 4. The highest BCUT2D eigenvalue weighted by atomic mass is 16.6. The van der Waals surface area contributed by atoms with Crippen LogP contribution in [0.1, 0.15) is 0 Å². The van der Waals surface area contributed by atoms with E-state index in [0.717, 1.165) is 31.9 Å². The van der Waals surface area contributed by atoms with E-state index in [1.165, 1.54) is 6.07 Å². The van der Waals surface area contributed by atoms with Crippen molar-refractivity contribution in [3.63, 3.8) is 0 Å². The number of nitro groups is 1. The van der Waals surface area contributed by atoms with Crippen LogP contribution in [0.3, 0.4) is 0 Å². The Morgan fingerprint density at radius 1 is 1.29 bits per heavy atom. The molecule has 1 aromatic carbocycles. The largest absolute Gasteiger partial charge is 0.367 e. The summed E-state index contributed by atoms with van der Waals surface area (Å²) in [5.41, 5.74) is 1.61. The Labute approximate surface area is 139 Å². The number of aromatic nitrogens is 1. The van der Waals surface area contributed by atoms with Crippen LogP contribution in [0, 0.1) is 10.1 Å². The maximum absolute atomic E-state index is 11.5. The van der Waals surface area contributed by atoms with Gasteiger partial charge >= 0.3 is 0 Å². The Morgan fingerprint density at radius 2 is 2.04 bits per heavy atom. The zero-order valence-electron chi connectivity index (χ0n) is 13.4. The van der Waals surface area contributed by atoms with Crippen molar-refractivity contribution in [2.75, 3.05) is 44.7 Å². The number of pyridine rings is 1. The number of rotatable bonds is 4. The molecule has 1 aliphatic rings. The zero-order valence-corrected chi connectivity index (χ0v) is 13.4. The summed E-state index contributed by atoms with van der Waals surface area (Å²) >= 11 is 0. The first kappa shape index (κ1) is 16.1. The molecule has 1 fully saturated rings. The molecule has 1 amide bonds. The van der Waals surface area contributed by atoms with Crippen LogP contribution in [0.25, 0.3) is 10.9 Å². The van der Waals surface area contributed by atoms with Crippen molar-refractivity contribution >= 4 is 28.2 Å². The van der Waals surface area contributed by atoms with Gasteiger partial charge in [0.1, 0.15) is 5.52 Å². The molecule has 2 heterocycles. The number of amides is 1. The van der Waals surface area contributed by atoms with Crippen LogP contribution in [-0.4, -0.2) is 60.5 Å². The maximum atomic E-state index is 11.5. The van der Waals surface area contributed by atoms with Gasteiger partial charge in [0.2, 0.25) is 5.91 Å². The molecule has 3 rings (SSSR count). The van der Waals surface area contributed by atoms with Crippen LogP contribution in [0.5, 0.6) is 0 Å². The lowest BCUT2D eigenvalue weighted by Crippen LogP contribution is -2.49. The van der Waals surface area contributed by atoms with Gasteiger partial charge in [-0.25, -0.2) is 0 Å². The molecule has 126 valence electrons. The van der Waals surface area contributed by atoms with E-state index < -0.39 is 0 Å². The van der Waals surface area contributed by atoms with Gasteiger partial charge in [0.15, 0.2) is 0 Å². The van der Waals surface area contributed by atoms with Gasteiger partial charge in [0, 0.05) is 45.5 Å². The van der Waals surface area contributed by atoms with Crippen LogP contribution in [-0.2, 0) is 4.79 Å². The second-order valence-corrected chi connectivity index (χ2v) is 5.70. The molecule has 1 aromatic heterocycles. The van der Waals surface area contributed by atoms with E-state index >= 15 is 0 Å². The van der Waals surface area contributed by atoms with E-state index in [2.05, 4.69) is 20.1 Å². The molecule has 0 saturated carbocycles. The average Bonchev–Trinajstić information content (AvgIpc) is 2.61. The minimum atomic E-state index is -0.380. The number of carbonyl (C=O) groups excluding carboxylic acids is 1. The molecule has 24 heavy (non-hydrogen) atoms. The molecule has 1 N–H and O–H groups in total. The van der Waals surface area contributed by atoms with Gasteiger partial charge < -0.3 is 10.2 Å². The number of hydrogen-bond donors (Lipinski definition) is 1. The van der Waals surface area contributed by atoms with Gasteiger partial charge in [-0.3, -0.25) is 24.8 Å². The van der Waals surface area contributed by atoms with E-state index in [0.29, 0.717) is 17.4 Å². The van der Waals surface area contributed by atoms with Crippen LogP contribution < -0.4 is 10.2 Å². The van der Waals surface area contributed by atoms with Crippen LogP contribution in [0.4, 0.5) is 11.4 Å². The quantitative estimate of drug-likeness (QED) is 0.665. The summed E-state index contributed by atoms with van der Waals surface area (Å²) < 4.78 is 0. The van der Waals surface area contributed by atoms with Crippen molar-refractivity contribution in [1.29, 1.82) is 0 Å². The summed E-state index contributed by atoms with van der Waals surface area (Å²) in [4.78, 5) is 30.9. The fourth-order valence-electron chi connectivity index (χ4n) is 2.99.